The van der Waals surface area contributed by atoms with E-state index in [2.05, 4.69) is 10.6 Å². The van der Waals surface area contributed by atoms with Gasteiger partial charge in [-0.15, -0.1) is 0 Å². The average Bonchev–Trinajstić information content (AvgIpc) is 2.36. The van der Waals surface area contributed by atoms with Gasteiger partial charge in [-0.05, 0) is 46.1 Å². The zero-order valence-corrected chi connectivity index (χ0v) is 11.3. The summed E-state index contributed by atoms with van der Waals surface area (Å²) in [6, 6.07) is 1.02. The van der Waals surface area contributed by atoms with Crippen LogP contribution in [0.3, 0.4) is 0 Å². The molecule has 1 aliphatic carbocycles. The minimum Gasteiger partial charge on any atom is -0.382 e. The Hall–Kier alpha value is -0.610. The number of carbonyl (C=O) groups excluding carboxylic acids is 1. The van der Waals surface area contributed by atoms with Crippen LogP contribution in [0.2, 0.25) is 0 Å². The van der Waals surface area contributed by atoms with E-state index < -0.39 is 0 Å². The highest BCUT2D eigenvalue weighted by Gasteiger charge is 2.21. The number of carbonyl (C=O) groups is 1. The van der Waals surface area contributed by atoms with Crippen LogP contribution in [0.1, 0.15) is 45.4 Å². The molecule has 100 valence electrons. The number of rotatable bonds is 6. The Labute approximate surface area is 104 Å². The monoisotopic (exact) mass is 242 g/mol. The number of methoxy groups -OCH3 is 1. The molecular weight excluding hydrogens is 216 g/mol. The first-order valence-electron chi connectivity index (χ1n) is 6.65. The number of hydrogen-bond acceptors (Lipinski definition) is 3. The van der Waals surface area contributed by atoms with E-state index in [1.165, 1.54) is 0 Å². The van der Waals surface area contributed by atoms with Crippen molar-refractivity contribution >= 4 is 5.91 Å². The Morgan fingerprint density at radius 2 is 1.88 bits per heavy atom. The highest BCUT2D eigenvalue weighted by molar-refractivity contribution is 5.76. The number of ether oxygens (including phenoxy) is 1. The third-order valence-electron chi connectivity index (χ3n) is 3.68. The molecule has 0 aliphatic heterocycles. The Balaban J connectivity index is 2.15. The lowest BCUT2D eigenvalue weighted by Gasteiger charge is -2.28. The van der Waals surface area contributed by atoms with Gasteiger partial charge >= 0.3 is 0 Å². The summed E-state index contributed by atoms with van der Waals surface area (Å²) in [4.78, 5) is 11.7. The summed E-state index contributed by atoms with van der Waals surface area (Å²) in [6.07, 6.45) is 6.05. The van der Waals surface area contributed by atoms with Crippen molar-refractivity contribution in [3.8, 4) is 0 Å². The van der Waals surface area contributed by atoms with E-state index in [9.17, 15) is 4.79 Å². The third-order valence-corrected chi connectivity index (χ3v) is 3.68. The first kappa shape index (κ1) is 14.5. The maximum atomic E-state index is 11.7. The highest BCUT2D eigenvalue weighted by atomic mass is 16.5. The predicted molar refractivity (Wildman–Crippen MR) is 69.0 cm³/mol. The van der Waals surface area contributed by atoms with Crippen LogP contribution in [-0.4, -0.2) is 38.3 Å². The zero-order chi connectivity index (χ0) is 12.7. The van der Waals surface area contributed by atoms with Gasteiger partial charge in [0.15, 0.2) is 0 Å². The molecule has 0 spiro atoms. The van der Waals surface area contributed by atoms with Crippen LogP contribution >= 0.6 is 0 Å². The van der Waals surface area contributed by atoms with E-state index in [-0.39, 0.29) is 12.0 Å². The van der Waals surface area contributed by atoms with Crippen molar-refractivity contribution in [2.45, 2.75) is 63.6 Å². The van der Waals surface area contributed by atoms with Crippen molar-refractivity contribution in [3.63, 3.8) is 0 Å². The Kier molecular flexibility index (Phi) is 6.52. The second-order valence-electron chi connectivity index (χ2n) is 4.99. The smallest absolute Gasteiger partial charge is 0.220 e. The molecule has 0 aromatic rings. The lowest BCUT2D eigenvalue weighted by molar-refractivity contribution is -0.122. The molecule has 2 N–H and O–H groups in total. The maximum absolute atomic E-state index is 11.7. The molecule has 1 rings (SSSR count). The molecule has 1 atom stereocenters. The van der Waals surface area contributed by atoms with E-state index >= 15 is 0 Å². The first-order valence-corrected chi connectivity index (χ1v) is 6.65. The van der Waals surface area contributed by atoms with Gasteiger partial charge < -0.3 is 15.4 Å². The SMILES string of the molecule is CNC1CCC(NC(=O)CCC(C)OC)CC1. The molecule has 0 aromatic heterocycles. The minimum absolute atomic E-state index is 0.167. The summed E-state index contributed by atoms with van der Waals surface area (Å²) in [5.74, 6) is 0.168. The van der Waals surface area contributed by atoms with Crippen LogP contribution < -0.4 is 10.6 Å². The quantitative estimate of drug-likeness (QED) is 0.741. The topological polar surface area (TPSA) is 50.4 Å². The van der Waals surface area contributed by atoms with Crippen LogP contribution in [0.15, 0.2) is 0 Å². The molecule has 17 heavy (non-hydrogen) atoms. The fraction of sp³-hybridized carbons (Fsp3) is 0.923. The van der Waals surface area contributed by atoms with Crippen LogP contribution in [0.4, 0.5) is 0 Å². The predicted octanol–water partition coefficient (Wildman–Crippen LogP) is 1.45. The van der Waals surface area contributed by atoms with E-state index in [0.29, 0.717) is 18.5 Å². The summed E-state index contributed by atoms with van der Waals surface area (Å²) in [5.41, 5.74) is 0. The fourth-order valence-corrected chi connectivity index (χ4v) is 2.28. The molecule has 0 saturated heterocycles. The summed E-state index contributed by atoms with van der Waals surface area (Å²) in [6.45, 7) is 1.99. The third kappa shape index (κ3) is 5.50. The van der Waals surface area contributed by atoms with Gasteiger partial charge in [-0.3, -0.25) is 4.79 Å². The number of hydrogen-bond donors (Lipinski definition) is 2. The average molecular weight is 242 g/mol. The van der Waals surface area contributed by atoms with E-state index in [4.69, 9.17) is 4.74 Å². The van der Waals surface area contributed by atoms with Gasteiger partial charge in [0, 0.05) is 25.6 Å². The summed E-state index contributed by atoms with van der Waals surface area (Å²) < 4.78 is 5.13. The van der Waals surface area contributed by atoms with Crippen molar-refractivity contribution in [2.24, 2.45) is 0 Å². The van der Waals surface area contributed by atoms with Gasteiger partial charge in [0.05, 0.1) is 6.10 Å². The molecule has 0 heterocycles. The Morgan fingerprint density at radius 3 is 2.41 bits per heavy atom. The Morgan fingerprint density at radius 1 is 1.29 bits per heavy atom. The number of nitrogens with one attached hydrogen (secondary N) is 2. The lowest BCUT2D eigenvalue weighted by atomic mass is 9.91. The van der Waals surface area contributed by atoms with Gasteiger partial charge in [0.25, 0.3) is 0 Å². The zero-order valence-electron chi connectivity index (χ0n) is 11.3. The van der Waals surface area contributed by atoms with Gasteiger partial charge in [-0.2, -0.15) is 0 Å². The molecule has 0 aromatic carbocycles. The molecule has 1 unspecified atom stereocenters. The van der Waals surface area contributed by atoms with Gasteiger partial charge in [0.2, 0.25) is 5.91 Å². The molecule has 1 aliphatic rings. The molecule has 0 radical (unpaired) electrons. The van der Waals surface area contributed by atoms with Crippen molar-refractivity contribution < 1.29 is 9.53 Å². The van der Waals surface area contributed by atoms with Gasteiger partial charge in [-0.1, -0.05) is 0 Å². The minimum atomic E-state index is 0.167. The highest BCUT2D eigenvalue weighted by Crippen LogP contribution is 2.18. The second-order valence-corrected chi connectivity index (χ2v) is 4.99. The molecule has 1 fully saturated rings. The van der Waals surface area contributed by atoms with Gasteiger partial charge in [0.1, 0.15) is 0 Å². The summed E-state index contributed by atoms with van der Waals surface area (Å²) >= 11 is 0. The van der Waals surface area contributed by atoms with Crippen molar-refractivity contribution in [1.29, 1.82) is 0 Å². The van der Waals surface area contributed by atoms with E-state index in [1.807, 2.05) is 14.0 Å². The van der Waals surface area contributed by atoms with E-state index in [1.54, 1.807) is 7.11 Å². The van der Waals surface area contributed by atoms with Crippen LogP contribution in [-0.2, 0) is 9.53 Å². The second kappa shape index (κ2) is 7.67. The van der Waals surface area contributed by atoms with Crippen LogP contribution in [0.5, 0.6) is 0 Å². The molecule has 0 bridgehead atoms. The molecule has 1 amide bonds. The largest absolute Gasteiger partial charge is 0.382 e. The lowest BCUT2D eigenvalue weighted by Crippen LogP contribution is -2.41. The molecule has 4 nitrogen and oxygen atoms in total. The van der Waals surface area contributed by atoms with E-state index in [0.717, 1.165) is 32.1 Å². The summed E-state index contributed by atoms with van der Waals surface area (Å²) in [5, 5.41) is 6.42. The van der Waals surface area contributed by atoms with Crippen LogP contribution in [0, 0.1) is 0 Å². The molecule has 1 saturated carbocycles. The fourth-order valence-electron chi connectivity index (χ4n) is 2.28. The number of amides is 1. The first-order chi connectivity index (χ1) is 8.15. The molecule has 4 heteroatoms. The maximum Gasteiger partial charge on any atom is 0.220 e. The van der Waals surface area contributed by atoms with Crippen molar-refractivity contribution in [3.05, 3.63) is 0 Å². The summed E-state index contributed by atoms with van der Waals surface area (Å²) in [7, 11) is 3.69. The van der Waals surface area contributed by atoms with Crippen molar-refractivity contribution in [1.82, 2.24) is 10.6 Å². The van der Waals surface area contributed by atoms with Gasteiger partial charge in [-0.25, -0.2) is 0 Å². The standard InChI is InChI=1S/C13H26N2O2/c1-10(17-3)4-9-13(16)15-12-7-5-11(14-2)6-8-12/h10-12,14H,4-9H2,1-3H3,(H,15,16). The van der Waals surface area contributed by atoms with Crippen molar-refractivity contribution in [2.75, 3.05) is 14.2 Å². The molecular formula is C13H26N2O2. The Bertz CT molecular complexity index is 225. The van der Waals surface area contributed by atoms with Crippen LogP contribution in [0.25, 0.3) is 0 Å². The normalized spacial score (nSPS) is 26.5.